The molecule has 3 N–H and O–H groups in total. The number of thioether (sulfide) groups is 1. The third-order valence-corrected chi connectivity index (χ3v) is 17.7. The van der Waals surface area contributed by atoms with E-state index in [-0.39, 0.29) is 79.1 Å². The molecule has 2 aromatic carbocycles. The summed E-state index contributed by atoms with van der Waals surface area (Å²) in [5, 5.41) is 21.9. The number of allylic oxidation sites excluding steroid dienone is 2. The van der Waals surface area contributed by atoms with Gasteiger partial charge in [0.05, 0.1) is 125 Å². The number of nitrogens with one attached hydrogen (secondary N) is 1. The Bertz CT molecular complexity index is 3240. The highest BCUT2D eigenvalue weighted by Gasteiger charge is 2.37. The highest BCUT2D eigenvalue weighted by atomic mass is 32.2. The van der Waals surface area contributed by atoms with Gasteiger partial charge in [-0.2, -0.15) is 0 Å². The van der Waals surface area contributed by atoms with E-state index in [1.165, 1.54) is 49.3 Å². The molecule has 7 heterocycles. The van der Waals surface area contributed by atoms with Crippen molar-refractivity contribution in [3.8, 4) is 40.5 Å². The molecule has 4 aromatic rings. The number of nitrogens with zero attached hydrogens (tertiary/aromatic N) is 8. The van der Waals surface area contributed by atoms with Crippen molar-refractivity contribution in [3.63, 3.8) is 0 Å². The monoisotopic (exact) mass is 1310 g/mol. The highest BCUT2D eigenvalue weighted by Crippen LogP contribution is 2.41. The zero-order chi connectivity index (χ0) is 65.9. The maximum absolute atomic E-state index is 13.8. The predicted octanol–water partition coefficient (Wildman–Crippen LogP) is 6.27. The van der Waals surface area contributed by atoms with Gasteiger partial charge < -0.3 is 77.7 Å². The minimum Gasteiger partial charge on any atom is -0.493 e. The minimum absolute atomic E-state index is 0.00516. The zero-order valence-electron chi connectivity index (χ0n) is 53.8. The summed E-state index contributed by atoms with van der Waals surface area (Å²) in [5.74, 6) is 0.564. The summed E-state index contributed by atoms with van der Waals surface area (Å²) in [6.45, 7) is 15.4. The number of aromatic nitrogens is 2. The third-order valence-electron chi connectivity index (χ3n) is 16.3. The zero-order valence-corrected chi connectivity index (χ0v) is 54.6. The van der Waals surface area contributed by atoms with E-state index in [1.54, 1.807) is 24.3 Å². The average Bonchev–Trinajstić information content (AvgIpc) is 1.70. The van der Waals surface area contributed by atoms with Crippen molar-refractivity contribution in [2.45, 2.75) is 89.8 Å². The summed E-state index contributed by atoms with van der Waals surface area (Å²) < 4.78 is 53.0. The Balaban J connectivity index is 0.688. The van der Waals surface area contributed by atoms with E-state index in [0.717, 1.165) is 12.8 Å². The largest absolute Gasteiger partial charge is 0.493 e. The maximum atomic E-state index is 13.8. The first kappa shape index (κ1) is 69.1. The second kappa shape index (κ2) is 33.6. The first-order valence-corrected chi connectivity index (χ1v) is 32.3. The molecule has 0 spiro atoms. The van der Waals surface area contributed by atoms with Crippen LogP contribution in [-0.2, 0) is 46.5 Å². The number of piperazine rings is 1. The number of carbonyl (C=O) groups excluding carboxylic acids is 5. The lowest BCUT2D eigenvalue weighted by Crippen LogP contribution is -2.49. The third kappa shape index (κ3) is 19.2. The van der Waals surface area contributed by atoms with Gasteiger partial charge in [-0.3, -0.25) is 39.0 Å². The Morgan fingerprint density at radius 1 is 0.656 bits per heavy atom. The summed E-state index contributed by atoms with van der Waals surface area (Å²) >= 11 is 1.51. The number of methoxy groups -OCH3 is 2. The summed E-state index contributed by atoms with van der Waals surface area (Å²) in [7, 11) is 3.06. The van der Waals surface area contributed by atoms with Crippen LogP contribution in [-0.4, -0.2) is 230 Å². The molecule has 2 unspecified atom stereocenters. The molecule has 5 aliphatic rings. The summed E-state index contributed by atoms with van der Waals surface area (Å²) in [4.78, 5) is 92.7. The van der Waals surface area contributed by atoms with Gasteiger partial charge >= 0.3 is 5.97 Å². The van der Waals surface area contributed by atoms with Crippen LogP contribution in [0.3, 0.4) is 0 Å². The van der Waals surface area contributed by atoms with Gasteiger partial charge in [-0.05, 0) is 45.2 Å². The second-order valence-electron chi connectivity index (χ2n) is 23.2. The second-order valence-corrected chi connectivity index (χ2v) is 24.9. The number of fused-ring (bicyclic) bond motifs is 4. The van der Waals surface area contributed by atoms with E-state index in [1.807, 2.05) is 67.0 Å². The molecule has 93 heavy (non-hydrogen) atoms. The van der Waals surface area contributed by atoms with E-state index in [4.69, 9.17) is 62.4 Å². The van der Waals surface area contributed by atoms with Gasteiger partial charge in [0.2, 0.25) is 23.6 Å². The van der Waals surface area contributed by atoms with Crippen molar-refractivity contribution < 1.29 is 81.7 Å². The predicted molar refractivity (Wildman–Crippen MR) is 346 cm³/mol. The molecule has 2 atom stereocenters. The minimum atomic E-state index is -0.684. The number of ether oxygens (including phenoxy) is 9. The van der Waals surface area contributed by atoms with Gasteiger partial charge in [-0.25, -0.2) is 4.79 Å². The van der Waals surface area contributed by atoms with Gasteiger partial charge in [0, 0.05) is 112 Å². The van der Waals surface area contributed by atoms with Crippen LogP contribution < -0.4 is 33.8 Å². The summed E-state index contributed by atoms with van der Waals surface area (Å²) in [6, 6.07) is 12.5. The average molecular weight is 1310 g/mol. The maximum Gasteiger partial charge on any atom is 0.335 e. The Hall–Kier alpha value is -8.21. The Kier molecular flexibility index (Phi) is 25.0. The Morgan fingerprint density at radius 2 is 1.17 bits per heavy atom. The van der Waals surface area contributed by atoms with Crippen molar-refractivity contribution in [3.05, 3.63) is 94.3 Å². The Morgan fingerprint density at radius 3 is 1.69 bits per heavy atom. The van der Waals surface area contributed by atoms with Crippen LogP contribution >= 0.6 is 11.8 Å². The van der Waals surface area contributed by atoms with Gasteiger partial charge in [0.15, 0.2) is 23.0 Å². The smallest absolute Gasteiger partial charge is 0.335 e. The molecule has 0 radical (unpaired) electrons. The van der Waals surface area contributed by atoms with E-state index in [2.05, 4.69) is 22.4 Å². The molecule has 0 bridgehead atoms. The number of rotatable bonds is 34. The molecule has 26 nitrogen and oxygen atoms in total. The van der Waals surface area contributed by atoms with Gasteiger partial charge in [0.1, 0.15) is 25.6 Å². The van der Waals surface area contributed by atoms with E-state index >= 15 is 0 Å². The lowest BCUT2D eigenvalue weighted by Gasteiger charge is -2.35. The van der Waals surface area contributed by atoms with Crippen LogP contribution in [0.2, 0.25) is 0 Å². The number of aromatic hydroxyl groups is 2. The molecule has 5 aliphatic heterocycles. The molecular weight excluding hydrogens is 1220 g/mol. The van der Waals surface area contributed by atoms with Gasteiger partial charge in [-0.15, -0.1) is 16.5 Å². The van der Waals surface area contributed by atoms with Crippen LogP contribution in [0.5, 0.6) is 40.5 Å². The normalized spacial score (nSPS) is 17.8. The van der Waals surface area contributed by atoms with Crippen molar-refractivity contribution in [2.24, 2.45) is 9.98 Å². The molecule has 502 valence electrons. The topological polar surface area (TPSA) is 286 Å². The SMILES string of the molecule is CC=C1CC2C=Nc3cc(OCc4cc(OCCN5CCN(C(=O)CCC(C)(C)SCC(=O)NCCOCCOCCOCCOCCC(=O)On6c(O)ccc6O)CC5)cc(COc5cc6c(cc5OC)C(=O)N5CC(=CC)CC5C=N6)n4)c(OC)cc3C(=O)N2C1. The van der Waals surface area contributed by atoms with Crippen LogP contribution in [0.4, 0.5) is 11.4 Å². The van der Waals surface area contributed by atoms with E-state index in [0.29, 0.717) is 179 Å². The number of amides is 4. The molecule has 3 fully saturated rings. The standard InChI is InChI=1S/C66H85N9O17S/c1-7-44-29-48-37-68-53-35-57(55(83-5)33-51(53)64(81)73(48)39-44)90-41-46-31-50(32-47(70-46)42-91-58-36-54-52(34-56(58)84-6)65(82)74-40-45(8-2)30-49(74)38-69-54)89-22-19-71-15-17-72(18-16-71)60(77)11-13-66(3,4)93-43-59(76)67-14-21-86-24-26-88-28-27-87-25-23-85-20-12-63(80)92-75-61(78)9-10-62(75)79/h7-10,31-38,48-49,78-79H,11-30,39-43H2,1-6H3,(H,67,76). The van der Waals surface area contributed by atoms with Crippen LogP contribution in [0.15, 0.2) is 81.8 Å². The summed E-state index contributed by atoms with van der Waals surface area (Å²) in [6.07, 6.45) is 10.1. The molecule has 9 rings (SSSR count). The molecule has 4 amide bonds. The fourth-order valence-corrected chi connectivity index (χ4v) is 11.8. The van der Waals surface area contributed by atoms with Crippen molar-refractivity contribution >= 4 is 65.2 Å². The summed E-state index contributed by atoms with van der Waals surface area (Å²) in [5.41, 5.74) is 5.28. The molecule has 27 heteroatoms. The van der Waals surface area contributed by atoms with E-state index < -0.39 is 17.7 Å². The lowest BCUT2D eigenvalue weighted by atomic mass is 10.1. The fraction of sp³-hybridized carbons (Fsp3) is 0.515. The number of hydrogen-bond acceptors (Lipinski definition) is 22. The van der Waals surface area contributed by atoms with Crippen LogP contribution in [0, 0.1) is 0 Å². The van der Waals surface area contributed by atoms with Crippen LogP contribution in [0.1, 0.15) is 91.9 Å². The fourth-order valence-electron chi connectivity index (χ4n) is 11.0. The number of aliphatic imine (C=N–C) groups is 2. The molecular formula is C66H85N9O17S. The number of benzene rings is 2. The molecule has 0 aliphatic carbocycles. The Labute approximate surface area is 545 Å². The lowest BCUT2D eigenvalue weighted by molar-refractivity contribution is -0.146. The van der Waals surface area contributed by atoms with Crippen molar-refractivity contribution in [2.75, 3.05) is 132 Å². The number of hydrogen-bond donors (Lipinski definition) is 3. The first-order chi connectivity index (χ1) is 45.0. The quantitative estimate of drug-likeness (QED) is 0.0343. The van der Waals surface area contributed by atoms with Crippen molar-refractivity contribution in [1.82, 2.24) is 34.6 Å². The molecule has 3 saturated heterocycles. The molecule has 2 aromatic heterocycles. The number of pyridine rings is 1. The first-order valence-electron chi connectivity index (χ1n) is 31.3. The molecule has 0 saturated carbocycles. The van der Waals surface area contributed by atoms with Gasteiger partial charge in [-0.1, -0.05) is 37.1 Å². The van der Waals surface area contributed by atoms with Gasteiger partial charge in [0.25, 0.3) is 11.8 Å². The van der Waals surface area contributed by atoms with E-state index in [9.17, 15) is 34.2 Å². The number of carbonyl (C=O) groups is 5. The highest BCUT2D eigenvalue weighted by molar-refractivity contribution is 8.01. The van der Waals surface area contributed by atoms with Crippen LogP contribution in [0.25, 0.3) is 0 Å². The van der Waals surface area contributed by atoms with Crippen molar-refractivity contribution in [1.29, 1.82) is 0 Å².